The third-order valence-electron chi connectivity index (χ3n) is 3.17. The van der Waals surface area contributed by atoms with E-state index in [4.69, 9.17) is 4.74 Å². The number of carbonyl (C=O) groups excluding carboxylic acids is 1. The Morgan fingerprint density at radius 1 is 1.43 bits per heavy atom. The quantitative estimate of drug-likeness (QED) is 0.726. The summed E-state index contributed by atoms with van der Waals surface area (Å²) in [5, 5.41) is 5.66. The van der Waals surface area contributed by atoms with Gasteiger partial charge in [0.05, 0.1) is 17.7 Å². The van der Waals surface area contributed by atoms with E-state index in [-0.39, 0.29) is 16.8 Å². The van der Waals surface area contributed by atoms with Crippen LogP contribution in [0.25, 0.3) is 0 Å². The fraction of sp³-hybridized carbons (Fsp3) is 0.462. The van der Waals surface area contributed by atoms with E-state index < -0.39 is 10.0 Å². The third kappa shape index (κ3) is 3.93. The molecule has 0 spiro atoms. The molecule has 0 aliphatic carbocycles. The van der Waals surface area contributed by atoms with E-state index in [0.29, 0.717) is 18.0 Å². The second-order valence-corrected chi connectivity index (χ2v) is 6.57. The van der Waals surface area contributed by atoms with Gasteiger partial charge in [-0.2, -0.15) is 0 Å². The predicted molar refractivity (Wildman–Crippen MR) is 78.9 cm³/mol. The Bertz CT molecular complexity index is 624. The Morgan fingerprint density at radius 3 is 2.76 bits per heavy atom. The molecule has 0 unspecified atom stereocenters. The first kappa shape index (κ1) is 15.7. The minimum Gasteiger partial charge on any atom is -0.495 e. The standard InChI is InChI=1S/C13H19N3O4S/c1-9(17)15-12-7-11(3-4-13(12)20-2)21(18,19)16-10-5-6-14-8-10/h3-4,7,10,14,16H,5-6,8H2,1-2H3,(H,15,17)/t10-/m0/s1. The maximum Gasteiger partial charge on any atom is 0.240 e. The van der Waals surface area contributed by atoms with Gasteiger partial charge in [-0.25, -0.2) is 13.1 Å². The van der Waals surface area contributed by atoms with Crippen LogP contribution in [-0.4, -0.2) is 40.6 Å². The number of rotatable bonds is 5. The summed E-state index contributed by atoms with van der Waals surface area (Å²) < 4.78 is 32.4. The molecule has 0 aromatic heterocycles. The van der Waals surface area contributed by atoms with Crippen molar-refractivity contribution >= 4 is 21.6 Å². The van der Waals surface area contributed by atoms with Crippen LogP contribution in [0.4, 0.5) is 5.69 Å². The number of nitrogens with one attached hydrogen (secondary N) is 3. The third-order valence-corrected chi connectivity index (χ3v) is 4.69. The fourth-order valence-electron chi connectivity index (χ4n) is 2.18. The Hall–Kier alpha value is -1.64. The van der Waals surface area contributed by atoms with E-state index in [2.05, 4.69) is 15.4 Å². The van der Waals surface area contributed by atoms with Gasteiger partial charge in [0.15, 0.2) is 0 Å². The smallest absolute Gasteiger partial charge is 0.240 e. The van der Waals surface area contributed by atoms with Crippen molar-refractivity contribution in [2.45, 2.75) is 24.3 Å². The largest absolute Gasteiger partial charge is 0.495 e. The average Bonchev–Trinajstić information content (AvgIpc) is 2.90. The summed E-state index contributed by atoms with van der Waals surface area (Å²) in [7, 11) is -2.17. The lowest BCUT2D eigenvalue weighted by Gasteiger charge is -2.14. The SMILES string of the molecule is COc1ccc(S(=O)(=O)N[C@H]2CCNC2)cc1NC(C)=O. The molecule has 1 heterocycles. The van der Waals surface area contributed by atoms with E-state index in [9.17, 15) is 13.2 Å². The molecule has 0 saturated carbocycles. The Morgan fingerprint density at radius 2 is 2.19 bits per heavy atom. The molecule has 8 heteroatoms. The summed E-state index contributed by atoms with van der Waals surface area (Å²) in [5.74, 6) is 0.113. The molecule has 1 aromatic rings. The predicted octanol–water partition coefficient (Wildman–Crippen LogP) is 0.294. The van der Waals surface area contributed by atoms with Crippen LogP contribution in [0.5, 0.6) is 5.75 Å². The van der Waals surface area contributed by atoms with Gasteiger partial charge < -0.3 is 15.4 Å². The molecule has 21 heavy (non-hydrogen) atoms. The van der Waals surface area contributed by atoms with Crippen LogP contribution < -0.4 is 20.1 Å². The molecule has 0 radical (unpaired) electrons. The minimum atomic E-state index is -3.62. The van der Waals surface area contributed by atoms with Crippen molar-refractivity contribution in [1.82, 2.24) is 10.0 Å². The summed E-state index contributed by atoms with van der Waals surface area (Å²) in [4.78, 5) is 11.3. The molecule has 1 saturated heterocycles. The molecule has 1 amide bonds. The first-order valence-corrected chi connectivity index (χ1v) is 8.09. The van der Waals surface area contributed by atoms with Crippen LogP contribution in [-0.2, 0) is 14.8 Å². The second-order valence-electron chi connectivity index (χ2n) is 4.85. The van der Waals surface area contributed by atoms with E-state index in [0.717, 1.165) is 13.0 Å². The van der Waals surface area contributed by atoms with Gasteiger partial charge in [-0.1, -0.05) is 0 Å². The van der Waals surface area contributed by atoms with Gasteiger partial charge in [0.1, 0.15) is 5.75 Å². The monoisotopic (exact) mass is 313 g/mol. The van der Waals surface area contributed by atoms with Gasteiger partial charge in [0.25, 0.3) is 0 Å². The van der Waals surface area contributed by atoms with Gasteiger partial charge in [0, 0.05) is 19.5 Å². The highest BCUT2D eigenvalue weighted by Crippen LogP contribution is 2.27. The highest BCUT2D eigenvalue weighted by Gasteiger charge is 2.23. The first-order valence-electron chi connectivity index (χ1n) is 6.61. The molecule has 1 fully saturated rings. The summed E-state index contributed by atoms with van der Waals surface area (Å²) >= 11 is 0. The van der Waals surface area contributed by atoms with Crippen LogP contribution in [0.2, 0.25) is 0 Å². The lowest BCUT2D eigenvalue weighted by molar-refractivity contribution is -0.114. The molecule has 3 N–H and O–H groups in total. The zero-order valence-corrected chi connectivity index (χ0v) is 12.8. The number of methoxy groups -OCH3 is 1. The van der Waals surface area contributed by atoms with Crippen LogP contribution in [0, 0.1) is 0 Å². The van der Waals surface area contributed by atoms with Crippen molar-refractivity contribution in [2.75, 3.05) is 25.5 Å². The van der Waals surface area contributed by atoms with Crippen molar-refractivity contribution in [3.8, 4) is 5.75 Å². The molecular formula is C13H19N3O4S. The fourth-order valence-corrected chi connectivity index (χ4v) is 3.48. The molecule has 0 bridgehead atoms. The Labute approximate surface area is 124 Å². The van der Waals surface area contributed by atoms with Crippen LogP contribution in [0.3, 0.4) is 0 Å². The number of hydrogen-bond donors (Lipinski definition) is 3. The molecule has 1 atom stereocenters. The lowest BCUT2D eigenvalue weighted by atomic mass is 10.3. The topological polar surface area (TPSA) is 96.5 Å². The van der Waals surface area contributed by atoms with Crippen molar-refractivity contribution in [2.24, 2.45) is 0 Å². The van der Waals surface area contributed by atoms with Crippen LogP contribution in [0.15, 0.2) is 23.1 Å². The van der Waals surface area contributed by atoms with Gasteiger partial charge in [0.2, 0.25) is 15.9 Å². The number of carbonyl (C=O) groups is 1. The second kappa shape index (κ2) is 6.42. The lowest BCUT2D eigenvalue weighted by Crippen LogP contribution is -2.36. The molecule has 7 nitrogen and oxygen atoms in total. The maximum absolute atomic E-state index is 12.3. The molecule has 2 rings (SSSR count). The molecule has 1 aliphatic rings. The highest BCUT2D eigenvalue weighted by molar-refractivity contribution is 7.89. The Balaban J connectivity index is 2.27. The minimum absolute atomic E-state index is 0.0962. The summed E-state index contributed by atoms with van der Waals surface area (Å²) in [6.45, 7) is 2.77. The van der Waals surface area contributed by atoms with E-state index in [1.807, 2.05) is 0 Å². The number of benzene rings is 1. The van der Waals surface area contributed by atoms with E-state index in [1.54, 1.807) is 0 Å². The van der Waals surface area contributed by atoms with Gasteiger partial charge >= 0.3 is 0 Å². The van der Waals surface area contributed by atoms with Gasteiger partial charge in [-0.15, -0.1) is 0 Å². The molecular weight excluding hydrogens is 294 g/mol. The van der Waals surface area contributed by atoms with Crippen molar-refractivity contribution in [3.63, 3.8) is 0 Å². The molecule has 116 valence electrons. The van der Waals surface area contributed by atoms with E-state index >= 15 is 0 Å². The maximum atomic E-state index is 12.3. The van der Waals surface area contributed by atoms with Gasteiger partial charge in [-0.05, 0) is 31.2 Å². The van der Waals surface area contributed by atoms with Crippen LogP contribution >= 0.6 is 0 Å². The van der Waals surface area contributed by atoms with Crippen LogP contribution in [0.1, 0.15) is 13.3 Å². The van der Waals surface area contributed by atoms with E-state index in [1.165, 1.54) is 32.2 Å². The van der Waals surface area contributed by atoms with Crippen molar-refractivity contribution < 1.29 is 17.9 Å². The van der Waals surface area contributed by atoms with Crippen molar-refractivity contribution in [1.29, 1.82) is 0 Å². The van der Waals surface area contributed by atoms with Crippen molar-refractivity contribution in [3.05, 3.63) is 18.2 Å². The normalized spacial score (nSPS) is 18.5. The number of hydrogen-bond acceptors (Lipinski definition) is 5. The molecule has 1 aromatic carbocycles. The number of anilines is 1. The summed E-state index contributed by atoms with van der Waals surface area (Å²) in [6, 6.07) is 4.26. The number of sulfonamides is 1. The van der Waals surface area contributed by atoms with Gasteiger partial charge in [-0.3, -0.25) is 4.79 Å². The zero-order valence-electron chi connectivity index (χ0n) is 12.0. The first-order chi connectivity index (χ1) is 9.92. The summed E-state index contributed by atoms with van der Waals surface area (Å²) in [5.41, 5.74) is 0.331. The zero-order chi connectivity index (χ0) is 15.5. The number of amides is 1. The Kier molecular flexibility index (Phi) is 4.81. The number of ether oxygens (including phenoxy) is 1. The highest BCUT2D eigenvalue weighted by atomic mass is 32.2. The molecule has 1 aliphatic heterocycles. The average molecular weight is 313 g/mol. The summed E-state index contributed by atoms with van der Waals surface area (Å²) in [6.07, 6.45) is 0.758.